The van der Waals surface area contributed by atoms with Crippen molar-refractivity contribution in [2.24, 2.45) is 0 Å². The van der Waals surface area contributed by atoms with E-state index in [0.29, 0.717) is 0 Å². The Bertz CT molecular complexity index is 514. The molecule has 1 aliphatic rings. The third-order valence-electron chi connectivity index (χ3n) is 3.07. The van der Waals surface area contributed by atoms with Gasteiger partial charge in [0.15, 0.2) is 5.82 Å². The first-order chi connectivity index (χ1) is 8.83. The molecule has 0 radical (unpaired) electrons. The second-order valence-corrected chi connectivity index (χ2v) is 6.80. The first kappa shape index (κ1) is 12.2. The molecule has 96 valence electrons. The highest BCUT2D eigenvalue weighted by molar-refractivity contribution is 9.11. The standard InChI is InChI=1S/C12H15BrN4S/c13-11-3-2-10(18-11)9-8-12(16-15-9)17-6-1-4-14-5-7-17/h2-3,8,14H,1,4-7H2,(H,15,16). The molecule has 3 heterocycles. The number of hydrogen-bond donors (Lipinski definition) is 2. The molecule has 1 fully saturated rings. The highest BCUT2D eigenvalue weighted by atomic mass is 79.9. The highest BCUT2D eigenvalue weighted by Crippen LogP contribution is 2.31. The number of hydrogen-bond acceptors (Lipinski definition) is 4. The summed E-state index contributed by atoms with van der Waals surface area (Å²) in [4.78, 5) is 3.55. The van der Waals surface area contributed by atoms with Gasteiger partial charge in [0, 0.05) is 25.7 Å². The van der Waals surface area contributed by atoms with Crippen LogP contribution in [0, 0.1) is 0 Å². The molecule has 0 aromatic carbocycles. The first-order valence-corrected chi connectivity index (χ1v) is 7.71. The van der Waals surface area contributed by atoms with Gasteiger partial charge >= 0.3 is 0 Å². The van der Waals surface area contributed by atoms with Crippen molar-refractivity contribution in [2.75, 3.05) is 31.1 Å². The van der Waals surface area contributed by atoms with Crippen LogP contribution in [0.1, 0.15) is 6.42 Å². The number of nitrogens with zero attached hydrogens (tertiary/aromatic N) is 2. The van der Waals surface area contributed by atoms with Gasteiger partial charge in [0.25, 0.3) is 0 Å². The molecule has 2 N–H and O–H groups in total. The summed E-state index contributed by atoms with van der Waals surface area (Å²) in [7, 11) is 0. The summed E-state index contributed by atoms with van der Waals surface area (Å²) >= 11 is 5.21. The van der Waals surface area contributed by atoms with Gasteiger partial charge in [-0.1, -0.05) is 0 Å². The van der Waals surface area contributed by atoms with Crippen molar-refractivity contribution in [1.29, 1.82) is 0 Å². The van der Waals surface area contributed by atoms with Crippen LogP contribution in [0.2, 0.25) is 0 Å². The monoisotopic (exact) mass is 326 g/mol. The van der Waals surface area contributed by atoms with Crippen molar-refractivity contribution < 1.29 is 0 Å². The molecule has 1 saturated heterocycles. The Balaban J connectivity index is 1.80. The number of aromatic amines is 1. The maximum atomic E-state index is 4.43. The molecule has 18 heavy (non-hydrogen) atoms. The summed E-state index contributed by atoms with van der Waals surface area (Å²) in [5.74, 6) is 1.05. The van der Waals surface area contributed by atoms with Crippen molar-refractivity contribution in [3.63, 3.8) is 0 Å². The summed E-state index contributed by atoms with van der Waals surface area (Å²) in [6, 6.07) is 6.32. The molecular formula is C12H15BrN4S. The molecule has 0 amide bonds. The van der Waals surface area contributed by atoms with Crippen LogP contribution in [-0.2, 0) is 0 Å². The number of thiophene rings is 1. The summed E-state index contributed by atoms with van der Waals surface area (Å²) in [6.07, 6.45) is 1.17. The molecular weight excluding hydrogens is 312 g/mol. The predicted molar refractivity (Wildman–Crippen MR) is 79.3 cm³/mol. The fraction of sp³-hybridized carbons (Fsp3) is 0.417. The lowest BCUT2D eigenvalue weighted by Gasteiger charge is -2.18. The van der Waals surface area contributed by atoms with Gasteiger partial charge in [-0.3, -0.25) is 5.10 Å². The Hall–Kier alpha value is -0.850. The Morgan fingerprint density at radius 3 is 3.06 bits per heavy atom. The second-order valence-electron chi connectivity index (χ2n) is 4.33. The van der Waals surface area contributed by atoms with Crippen LogP contribution in [0.3, 0.4) is 0 Å². The zero-order chi connectivity index (χ0) is 12.4. The van der Waals surface area contributed by atoms with E-state index in [2.05, 4.69) is 54.5 Å². The quantitative estimate of drug-likeness (QED) is 0.891. The van der Waals surface area contributed by atoms with E-state index in [9.17, 15) is 0 Å². The summed E-state index contributed by atoms with van der Waals surface area (Å²) < 4.78 is 1.15. The van der Waals surface area contributed by atoms with Crippen LogP contribution in [0.4, 0.5) is 5.82 Å². The summed E-state index contributed by atoms with van der Waals surface area (Å²) in [5, 5.41) is 11.0. The van der Waals surface area contributed by atoms with Crippen LogP contribution in [0.15, 0.2) is 22.0 Å². The molecule has 0 saturated carbocycles. The molecule has 0 spiro atoms. The van der Waals surface area contributed by atoms with Gasteiger partial charge in [0.1, 0.15) is 0 Å². The molecule has 0 bridgehead atoms. The van der Waals surface area contributed by atoms with Crippen LogP contribution in [0.5, 0.6) is 0 Å². The van der Waals surface area contributed by atoms with E-state index in [1.165, 1.54) is 11.3 Å². The molecule has 0 atom stereocenters. The maximum Gasteiger partial charge on any atom is 0.151 e. The highest BCUT2D eigenvalue weighted by Gasteiger charge is 2.13. The third kappa shape index (κ3) is 2.60. The van der Waals surface area contributed by atoms with E-state index >= 15 is 0 Å². The average molecular weight is 327 g/mol. The lowest BCUT2D eigenvalue weighted by Crippen LogP contribution is -2.28. The molecule has 0 aliphatic carbocycles. The van der Waals surface area contributed by atoms with Crippen molar-refractivity contribution >= 4 is 33.1 Å². The van der Waals surface area contributed by atoms with Gasteiger partial charge in [0.05, 0.1) is 14.4 Å². The molecule has 6 heteroatoms. The van der Waals surface area contributed by atoms with E-state index in [-0.39, 0.29) is 0 Å². The molecule has 4 nitrogen and oxygen atoms in total. The Morgan fingerprint density at radius 1 is 1.28 bits per heavy atom. The fourth-order valence-electron chi connectivity index (χ4n) is 2.13. The smallest absolute Gasteiger partial charge is 0.151 e. The van der Waals surface area contributed by atoms with E-state index in [4.69, 9.17) is 0 Å². The molecule has 1 aliphatic heterocycles. The van der Waals surface area contributed by atoms with E-state index in [1.807, 2.05) is 0 Å². The lowest BCUT2D eigenvalue weighted by molar-refractivity contribution is 0.724. The summed E-state index contributed by atoms with van der Waals surface area (Å²) in [5.41, 5.74) is 1.10. The summed E-state index contributed by atoms with van der Waals surface area (Å²) in [6.45, 7) is 4.24. The Kier molecular flexibility index (Phi) is 3.67. The fourth-order valence-corrected chi connectivity index (χ4v) is 3.49. The van der Waals surface area contributed by atoms with Crippen molar-refractivity contribution in [3.05, 3.63) is 22.0 Å². The largest absolute Gasteiger partial charge is 0.354 e. The molecule has 2 aromatic rings. The first-order valence-electron chi connectivity index (χ1n) is 6.10. The number of nitrogens with one attached hydrogen (secondary N) is 2. The van der Waals surface area contributed by atoms with E-state index in [0.717, 1.165) is 41.5 Å². The molecule has 3 rings (SSSR count). The predicted octanol–water partition coefficient (Wildman–Crippen LogP) is 2.70. The zero-order valence-corrected chi connectivity index (χ0v) is 12.4. The molecule has 0 unspecified atom stereocenters. The van der Waals surface area contributed by atoms with Gasteiger partial charge < -0.3 is 10.2 Å². The maximum absolute atomic E-state index is 4.43. The van der Waals surface area contributed by atoms with Gasteiger partial charge in [-0.15, -0.1) is 11.3 Å². The topological polar surface area (TPSA) is 44.0 Å². The SMILES string of the molecule is Brc1ccc(-c2cc(N3CCCNCC3)n[nH]2)s1. The van der Waals surface area contributed by atoms with Crippen molar-refractivity contribution in [1.82, 2.24) is 15.5 Å². The van der Waals surface area contributed by atoms with Gasteiger partial charge in [-0.25, -0.2) is 0 Å². The minimum atomic E-state index is 1.03. The lowest BCUT2D eigenvalue weighted by atomic mass is 10.3. The number of H-pyrrole nitrogens is 1. The number of aromatic nitrogens is 2. The molecule has 2 aromatic heterocycles. The normalized spacial score (nSPS) is 16.8. The van der Waals surface area contributed by atoms with Gasteiger partial charge in [-0.05, 0) is 41.0 Å². The van der Waals surface area contributed by atoms with Crippen LogP contribution in [0.25, 0.3) is 10.6 Å². The van der Waals surface area contributed by atoms with Crippen LogP contribution in [-0.4, -0.2) is 36.4 Å². The third-order valence-corrected chi connectivity index (χ3v) is 4.72. The number of halogens is 1. The van der Waals surface area contributed by atoms with Crippen LogP contribution < -0.4 is 10.2 Å². The van der Waals surface area contributed by atoms with Gasteiger partial charge in [-0.2, -0.15) is 5.10 Å². The zero-order valence-electron chi connectivity index (χ0n) is 9.95. The Labute approximate surface area is 119 Å². The Morgan fingerprint density at radius 2 is 2.22 bits per heavy atom. The number of anilines is 1. The minimum Gasteiger partial charge on any atom is -0.354 e. The van der Waals surface area contributed by atoms with E-state index < -0.39 is 0 Å². The second kappa shape index (κ2) is 5.42. The van der Waals surface area contributed by atoms with Crippen molar-refractivity contribution in [3.8, 4) is 10.6 Å². The van der Waals surface area contributed by atoms with Crippen molar-refractivity contribution in [2.45, 2.75) is 6.42 Å². The average Bonchev–Trinajstić information content (AvgIpc) is 2.92. The minimum absolute atomic E-state index is 1.03. The van der Waals surface area contributed by atoms with Gasteiger partial charge in [0.2, 0.25) is 0 Å². The van der Waals surface area contributed by atoms with E-state index in [1.54, 1.807) is 11.3 Å². The van der Waals surface area contributed by atoms with Crippen LogP contribution >= 0.6 is 27.3 Å². The number of rotatable bonds is 2.